The molecule has 1 aromatic heterocycles. The number of nitrogens with zero attached hydrogens (tertiary/aromatic N) is 2. The van der Waals surface area contributed by atoms with Gasteiger partial charge in [0.05, 0.1) is 17.9 Å². The number of nitrogens with two attached hydrogens (primary N) is 1. The first kappa shape index (κ1) is 14.9. The van der Waals surface area contributed by atoms with Crippen molar-refractivity contribution in [1.29, 1.82) is 0 Å². The molecular weight excluding hydrogens is 254 g/mol. The van der Waals surface area contributed by atoms with E-state index < -0.39 is 0 Å². The van der Waals surface area contributed by atoms with E-state index in [0.717, 1.165) is 38.2 Å². The van der Waals surface area contributed by atoms with Gasteiger partial charge in [-0.15, -0.1) is 0 Å². The zero-order valence-electron chi connectivity index (χ0n) is 12.7. The molecule has 112 valence electrons. The lowest BCUT2D eigenvalue weighted by Crippen LogP contribution is -2.47. The maximum absolute atomic E-state index is 5.91. The van der Waals surface area contributed by atoms with E-state index in [1.807, 2.05) is 12.1 Å². The molecule has 0 amide bonds. The first-order valence-corrected chi connectivity index (χ1v) is 7.27. The van der Waals surface area contributed by atoms with Crippen LogP contribution in [0.4, 0.5) is 11.5 Å². The fourth-order valence-corrected chi connectivity index (χ4v) is 2.50. The van der Waals surface area contributed by atoms with Gasteiger partial charge in [-0.25, -0.2) is 0 Å². The zero-order valence-corrected chi connectivity index (χ0v) is 12.7. The van der Waals surface area contributed by atoms with E-state index in [0.29, 0.717) is 18.2 Å². The minimum absolute atomic E-state index is 0.105. The molecule has 1 unspecified atom stereocenters. The second kappa shape index (κ2) is 6.31. The quantitative estimate of drug-likeness (QED) is 0.897. The molecule has 0 bridgehead atoms. The maximum atomic E-state index is 5.91. The second-order valence-corrected chi connectivity index (χ2v) is 5.59. The fraction of sp³-hybridized carbons (Fsp3) is 0.667. The summed E-state index contributed by atoms with van der Waals surface area (Å²) in [4.78, 5) is 6.80. The van der Waals surface area contributed by atoms with Crippen molar-refractivity contribution in [2.45, 2.75) is 38.7 Å². The monoisotopic (exact) mass is 279 g/mol. The van der Waals surface area contributed by atoms with Gasteiger partial charge in [0.1, 0.15) is 5.82 Å². The molecule has 1 atom stereocenters. The predicted molar refractivity (Wildman–Crippen MR) is 81.3 cm³/mol. The van der Waals surface area contributed by atoms with Crippen LogP contribution >= 0.6 is 0 Å². The molecule has 2 N–H and O–H groups in total. The number of nitrogen functional groups attached to an aromatic ring is 1. The first-order valence-electron chi connectivity index (χ1n) is 7.27. The summed E-state index contributed by atoms with van der Waals surface area (Å²) in [6, 6.07) is 3.82. The summed E-state index contributed by atoms with van der Waals surface area (Å²) in [7, 11) is 1.77. The molecule has 1 aliphatic rings. The molecule has 0 aromatic carbocycles. The van der Waals surface area contributed by atoms with Gasteiger partial charge in [0.25, 0.3) is 0 Å². The third-order valence-electron chi connectivity index (χ3n) is 3.79. The van der Waals surface area contributed by atoms with E-state index in [1.54, 1.807) is 7.11 Å². The van der Waals surface area contributed by atoms with E-state index in [2.05, 4.69) is 23.7 Å². The maximum Gasteiger partial charge on any atom is 0.239 e. The lowest BCUT2D eigenvalue weighted by Gasteiger charge is -2.40. The molecule has 1 aliphatic heterocycles. The standard InChI is InChI=1S/C15H25N3O2/c1-4-10-20-14-12(16)6-7-13(17-14)18-9-5-8-15(2,11-18)19-3/h6-7H,4-5,8-11,16H2,1-3H3. The SMILES string of the molecule is CCCOc1nc(N2CCCC(C)(OC)C2)ccc1N. The van der Waals surface area contributed by atoms with Crippen molar-refractivity contribution in [3.63, 3.8) is 0 Å². The van der Waals surface area contributed by atoms with Crippen LogP contribution in [0.5, 0.6) is 5.88 Å². The van der Waals surface area contributed by atoms with Crippen molar-refractivity contribution in [2.75, 3.05) is 37.4 Å². The van der Waals surface area contributed by atoms with E-state index >= 15 is 0 Å². The number of rotatable bonds is 5. The number of hydrogen-bond acceptors (Lipinski definition) is 5. The van der Waals surface area contributed by atoms with E-state index in [1.165, 1.54) is 0 Å². The van der Waals surface area contributed by atoms with Crippen molar-refractivity contribution in [3.8, 4) is 5.88 Å². The van der Waals surface area contributed by atoms with Crippen molar-refractivity contribution in [3.05, 3.63) is 12.1 Å². The average Bonchev–Trinajstić information content (AvgIpc) is 2.46. The largest absolute Gasteiger partial charge is 0.476 e. The Morgan fingerprint density at radius 1 is 1.45 bits per heavy atom. The van der Waals surface area contributed by atoms with Crippen LogP contribution in [0.2, 0.25) is 0 Å². The Morgan fingerprint density at radius 3 is 2.95 bits per heavy atom. The van der Waals surface area contributed by atoms with Crippen LogP contribution in [0.25, 0.3) is 0 Å². The van der Waals surface area contributed by atoms with Crippen molar-refractivity contribution in [1.82, 2.24) is 4.98 Å². The van der Waals surface area contributed by atoms with Gasteiger partial charge in [-0.3, -0.25) is 0 Å². The summed E-state index contributed by atoms with van der Waals surface area (Å²) in [6.07, 6.45) is 3.12. The highest BCUT2D eigenvalue weighted by Crippen LogP contribution is 2.29. The highest BCUT2D eigenvalue weighted by atomic mass is 16.5. The van der Waals surface area contributed by atoms with Crippen LogP contribution in [0.15, 0.2) is 12.1 Å². The number of methoxy groups -OCH3 is 1. The lowest BCUT2D eigenvalue weighted by molar-refractivity contribution is -0.00483. The highest BCUT2D eigenvalue weighted by molar-refractivity contribution is 5.54. The molecule has 0 radical (unpaired) electrons. The molecular formula is C15H25N3O2. The number of anilines is 2. The third kappa shape index (κ3) is 3.33. The Hall–Kier alpha value is -1.49. The molecule has 0 spiro atoms. The van der Waals surface area contributed by atoms with Crippen LogP contribution in [0.1, 0.15) is 33.1 Å². The highest BCUT2D eigenvalue weighted by Gasteiger charge is 2.31. The Kier molecular flexibility index (Phi) is 4.70. The summed E-state index contributed by atoms with van der Waals surface area (Å²) < 4.78 is 11.2. The molecule has 20 heavy (non-hydrogen) atoms. The molecule has 5 nitrogen and oxygen atoms in total. The van der Waals surface area contributed by atoms with Crippen LogP contribution in [0.3, 0.4) is 0 Å². The van der Waals surface area contributed by atoms with E-state index in [-0.39, 0.29) is 5.60 Å². The van der Waals surface area contributed by atoms with E-state index in [9.17, 15) is 0 Å². The predicted octanol–water partition coefficient (Wildman–Crippen LogP) is 2.46. The van der Waals surface area contributed by atoms with Gasteiger partial charge in [0, 0.05) is 20.2 Å². The molecule has 2 rings (SSSR count). The minimum Gasteiger partial charge on any atom is -0.476 e. The minimum atomic E-state index is -0.105. The van der Waals surface area contributed by atoms with Gasteiger partial charge in [-0.05, 0) is 38.3 Å². The lowest BCUT2D eigenvalue weighted by atomic mass is 9.95. The smallest absolute Gasteiger partial charge is 0.239 e. The molecule has 1 fully saturated rings. The van der Waals surface area contributed by atoms with Gasteiger partial charge in [0.15, 0.2) is 0 Å². The summed E-state index contributed by atoms with van der Waals surface area (Å²) in [6.45, 7) is 6.67. The topological polar surface area (TPSA) is 60.6 Å². The summed E-state index contributed by atoms with van der Waals surface area (Å²) in [5.41, 5.74) is 6.39. The second-order valence-electron chi connectivity index (χ2n) is 5.59. The van der Waals surface area contributed by atoms with Gasteiger partial charge in [-0.2, -0.15) is 4.98 Å². The van der Waals surface area contributed by atoms with Gasteiger partial charge < -0.3 is 20.1 Å². The Bertz CT molecular complexity index is 453. The van der Waals surface area contributed by atoms with Crippen molar-refractivity contribution in [2.24, 2.45) is 0 Å². The van der Waals surface area contributed by atoms with Crippen molar-refractivity contribution >= 4 is 11.5 Å². The Morgan fingerprint density at radius 2 is 2.25 bits per heavy atom. The van der Waals surface area contributed by atoms with Crippen LogP contribution in [0, 0.1) is 0 Å². The molecule has 1 saturated heterocycles. The van der Waals surface area contributed by atoms with Crippen LogP contribution in [-0.2, 0) is 4.74 Å². The normalized spacial score (nSPS) is 22.9. The van der Waals surface area contributed by atoms with Crippen molar-refractivity contribution < 1.29 is 9.47 Å². The van der Waals surface area contributed by atoms with E-state index in [4.69, 9.17) is 15.2 Å². The molecule has 1 aromatic rings. The Balaban J connectivity index is 2.15. The number of piperidine rings is 1. The number of hydrogen-bond donors (Lipinski definition) is 1. The average molecular weight is 279 g/mol. The third-order valence-corrected chi connectivity index (χ3v) is 3.79. The first-order chi connectivity index (χ1) is 9.58. The number of aromatic nitrogens is 1. The summed E-state index contributed by atoms with van der Waals surface area (Å²) in [5, 5.41) is 0. The molecule has 2 heterocycles. The van der Waals surface area contributed by atoms with Crippen LogP contribution in [-0.4, -0.2) is 37.4 Å². The molecule has 0 aliphatic carbocycles. The van der Waals surface area contributed by atoms with Crippen LogP contribution < -0.4 is 15.4 Å². The molecule has 5 heteroatoms. The number of pyridine rings is 1. The number of ether oxygens (including phenoxy) is 2. The zero-order chi connectivity index (χ0) is 14.6. The van der Waals surface area contributed by atoms with Gasteiger partial charge in [-0.1, -0.05) is 6.92 Å². The van der Waals surface area contributed by atoms with Gasteiger partial charge in [0.2, 0.25) is 5.88 Å². The molecule has 0 saturated carbocycles. The fourth-order valence-electron chi connectivity index (χ4n) is 2.50. The van der Waals surface area contributed by atoms with Gasteiger partial charge >= 0.3 is 0 Å². The Labute approximate surface area is 121 Å². The summed E-state index contributed by atoms with van der Waals surface area (Å²) >= 11 is 0. The summed E-state index contributed by atoms with van der Waals surface area (Å²) in [5.74, 6) is 1.45.